The Labute approximate surface area is 163 Å². The highest BCUT2D eigenvalue weighted by Crippen LogP contribution is 2.23. The van der Waals surface area contributed by atoms with Crippen molar-refractivity contribution in [2.24, 2.45) is 5.92 Å². The summed E-state index contributed by atoms with van der Waals surface area (Å²) >= 11 is 0. The van der Waals surface area contributed by atoms with Gasteiger partial charge in [0, 0.05) is 32.8 Å². The minimum absolute atomic E-state index is 0.116. The molecule has 8 heteroatoms. The zero-order chi connectivity index (χ0) is 19.9. The molecule has 1 unspecified atom stereocenters. The van der Waals surface area contributed by atoms with Crippen molar-refractivity contribution in [3.8, 4) is 0 Å². The summed E-state index contributed by atoms with van der Waals surface area (Å²) in [6.07, 6.45) is 6.46. The Morgan fingerprint density at radius 1 is 1.37 bits per heavy atom. The van der Waals surface area contributed by atoms with E-state index in [0.717, 1.165) is 31.5 Å². The lowest BCUT2D eigenvalue weighted by Gasteiger charge is -2.35. The van der Waals surface area contributed by atoms with Crippen LogP contribution in [0.4, 0.5) is 0 Å². The average Bonchev–Trinajstić information content (AvgIpc) is 3.03. The van der Waals surface area contributed by atoms with Crippen molar-refractivity contribution < 1.29 is 18.3 Å². The Morgan fingerprint density at radius 3 is 2.81 bits per heavy atom. The zero-order valence-electron chi connectivity index (χ0n) is 16.9. The maximum atomic E-state index is 12.8. The summed E-state index contributed by atoms with van der Waals surface area (Å²) in [6, 6.07) is 0.343. The molecule has 2 rings (SSSR count). The van der Waals surface area contributed by atoms with E-state index >= 15 is 0 Å². The van der Waals surface area contributed by atoms with E-state index in [4.69, 9.17) is 4.74 Å². The fourth-order valence-corrected chi connectivity index (χ4v) is 5.34. The number of sulfone groups is 1. The van der Waals surface area contributed by atoms with E-state index in [9.17, 15) is 13.5 Å². The molecule has 0 bridgehead atoms. The number of hydrogen-bond acceptors (Lipinski definition) is 6. The first-order chi connectivity index (χ1) is 12.9. The van der Waals surface area contributed by atoms with Crippen molar-refractivity contribution in [1.82, 2.24) is 14.5 Å². The molecule has 156 valence electrons. The number of methoxy groups -OCH3 is 1. The third kappa shape index (κ3) is 6.27. The molecular weight excluding hydrogens is 366 g/mol. The van der Waals surface area contributed by atoms with E-state index in [-0.39, 0.29) is 17.5 Å². The summed E-state index contributed by atoms with van der Waals surface area (Å²) < 4.78 is 32.6. The average molecular weight is 402 g/mol. The second kappa shape index (κ2) is 10.5. The number of ether oxygens (including phenoxy) is 1. The van der Waals surface area contributed by atoms with Gasteiger partial charge in [-0.05, 0) is 38.1 Å². The van der Waals surface area contributed by atoms with Gasteiger partial charge in [-0.25, -0.2) is 13.4 Å². The van der Waals surface area contributed by atoms with Crippen molar-refractivity contribution >= 4 is 9.84 Å². The van der Waals surface area contributed by atoms with Crippen LogP contribution in [0.25, 0.3) is 0 Å². The molecule has 7 nitrogen and oxygen atoms in total. The number of hydrogen-bond donors (Lipinski definition) is 1. The van der Waals surface area contributed by atoms with Crippen molar-refractivity contribution in [2.45, 2.75) is 70.2 Å². The normalized spacial score (nSPS) is 19.1. The van der Waals surface area contributed by atoms with Gasteiger partial charge in [0.05, 0.1) is 24.3 Å². The maximum Gasteiger partial charge on any atom is 0.227 e. The third-order valence-electron chi connectivity index (χ3n) is 5.24. The summed E-state index contributed by atoms with van der Waals surface area (Å²) in [4.78, 5) is 6.65. The number of likely N-dealkylation sites (tertiary alicyclic amines) is 1. The number of aliphatic hydroxyl groups is 1. The highest BCUT2D eigenvalue weighted by atomic mass is 32.2. The Kier molecular flexibility index (Phi) is 8.72. The Balaban J connectivity index is 2.24. The predicted octanol–water partition coefficient (Wildman–Crippen LogP) is 2.09. The maximum absolute atomic E-state index is 12.8. The minimum atomic E-state index is -3.42. The van der Waals surface area contributed by atoms with Crippen LogP contribution in [-0.4, -0.2) is 66.6 Å². The first kappa shape index (κ1) is 22.3. The summed E-state index contributed by atoms with van der Waals surface area (Å²) in [5, 5.41) is 9.51. The first-order valence-electron chi connectivity index (χ1n) is 10.00. The van der Waals surface area contributed by atoms with Gasteiger partial charge in [0.1, 0.15) is 0 Å². The van der Waals surface area contributed by atoms with Crippen LogP contribution < -0.4 is 0 Å². The molecule has 1 aromatic heterocycles. The van der Waals surface area contributed by atoms with Gasteiger partial charge in [-0.1, -0.05) is 20.3 Å². The molecule has 1 aromatic rings. The molecule has 2 heterocycles. The van der Waals surface area contributed by atoms with Crippen LogP contribution in [0.3, 0.4) is 0 Å². The van der Waals surface area contributed by atoms with E-state index in [1.807, 2.05) is 18.4 Å². The molecular formula is C19H35N3O4S. The molecule has 1 fully saturated rings. The smallest absolute Gasteiger partial charge is 0.227 e. The van der Waals surface area contributed by atoms with Crippen molar-refractivity contribution in [3.05, 3.63) is 11.9 Å². The third-order valence-corrected chi connectivity index (χ3v) is 6.89. The predicted molar refractivity (Wildman–Crippen MR) is 105 cm³/mol. The molecule has 1 N–H and O–H groups in total. The van der Waals surface area contributed by atoms with Crippen LogP contribution >= 0.6 is 0 Å². The fraction of sp³-hybridized carbons (Fsp3) is 0.842. The highest BCUT2D eigenvalue weighted by molar-refractivity contribution is 7.91. The molecule has 0 aliphatic carbocycles. The van der Waals surface area contributed by atoms with Crippen LogP contribution in [0.2, 0.25) is 0 Å². The van der Waals surface area contributed by atoms with Crippen molar-refractivity contribution in [1.29, 1.82) is 0 Å². The first-order valence-corrected chi connectivity index (χ1v) is 11.6. The summed E-state index contributed by atoms with van der Waals surface area (Å²) in [7, 11) is -1.81. The van der Waals surface area contributed by atoms with Crippen LogP contribution in [0.5, 0.6) is 0 Å². The largest absolute Gasteiger partial charge is 0.396 e. The van der Waals surface area contributed by atoms with Crippen molar-refractivity contribution in [3.63, 3.8) is 0 Å². The molecule has 0 radical (unpaired) electrons. The van der Waals surface area contributed by atoms with Gasteiger partial charge < -0.3 is 14.4 Å². The van der Waals surface area contributed by atoms with Gasteiger partial charge in [-0.3, -0.25) is 4.90 Å². The van der Waals surface area contributed by atoms with Crippen LogP contribution in [0, 0.1) is 5.92 Å². The molecule has 0 aromatic carbocycles. The van der Waals surface area contributed by atoms with Gasteiger partial charge in [-0.2, -0.15) is 0 Å². The number of aliphatic hydroxyl groups excluding tert-OH is 1. The number of aromatic nitrogens is 2. The molecule has 1 aliphatic heterocycles. The van der Waals surface area contributed by atoms with E-state index in [2.05, 4.69) is 9.88 Å². The minimum Gasteiger partial charge on any atom is -0.396 e. The van der Waals surface area contributed by atoms with Crippen LogP contribution in [0.15, 0.2) is 11.4 Å². The van der Waals surface area contributed by atoms with E-state index in [1.54, 1.807) is 13.3 Å². The second-order valence-corrected chi connectivity index (χ2v) is 9.81. The standard InChI is InChI=1S/C19H35N3O4S/c1-16(2)8-13-27(24,25)19-20-14-18(22(19)10-12-26-3)15-21-9-5-4-6-17(21)7-11-23/h14,16-17,23H,4-13,15H2,1-3H3. The van der Waals surface area contributed by atoms with Crippen LogP contribution in [-0.2, 0) is 27.7 Å². The molecule has 1 saturated heterocycles. The molecule has 1 aliphatic rings. The lowest BCUT2D eigenvalue weighted by atomic mass is 9.99. The quantitative estimate of drug-likeness (QED) is 0.611. The van der Waals surface area contributed by atoms with Gasteiger partial charge in [0.25, 0.3) is 0 Å². The fourth-order valence-electron chi connectivity index (χ4n) is 3.62. The van der Waals surface area contributed by atoms with E-state index in [1.165, 1.54) is 6.42 Å². The number of imidazole rings is 1. The van der Waals surface area contributed by atoms with Gasteiger partial charge in [0.2, 0.25) is 15.0 Å². The monoisotopic (exact) mass is 401 g/mol. The van der Waals surface area contributed by atoms with Crippen LogP contribution in [0.1, 0.15) is 51.6 Å². The summed E-state index contributed by atoms with van der Waals surface area (Å²) in [6.45, 7) is 6.76. The molecule has 1 atom stereocenters. The Morgan fingerprint density at radius 2 is 2.15 bits per heavy atom. The summed E-state index contributed by atoms with van der Waals surface area (Å²) in [5.74, 6) is 0.444. The summed E-state index contributed by atoms with van der Waals surface area (Å²) in [5.41, 5.74) is 0.903. The number of piperidine rings is 1. The Hall–Kier alpha value is -0.960. The topological polar surface area (TPSA) is 84.7 Å². The molecule has 0 amide bonds. The van der Waals surface area contributed by atoms with E-state index in [0.29, 0.717) is 38.1 Å². The molecule has 0 saturated carbocycles. The van der Waals surface area contributed by atoms with Gasteiger partial charge >= 0.3 is 0 Å². The SMILES string of the molecule is COCCn1c(CN2CCCCC2CCO)cnc1S(=O)(=O)CCC(C)C. The van der Waals surface area contributed by atoms with Crippen molar-refractivity contribution in [2.75, 3.05) is 32.6 Å². The molecule has 27 heavy (non-hydrogen) atoms. The molecule has 0 spiro atoms. The van der Waals surface area contributed by atoms with E-state index < -0.39 is 9.84 Å². The van der Waals surface area contributed by atoms with Gasteiger partial charge in [0.15, 0.2) is 0 Å². The second-order valence-electron chi connectivity index (χ2n) is 7.81. The number of rotatable bonds is 11. The highest BCUT2D eigenvalue weighted by Gasteiger charge is 2.27. The lowest BCUT2D eigenvalue weighted by molar-refractivity contribution is 0.108. The number of nitrogens with zero attached hydrogens (tertiary/aromatic N) is 3. The zero-order valence-corrected chi connectivity index (χ0v) is 17.7. The van der Waals surface area contributed by atoms with Gasteiger partial charge in [-0.15, -0.1) is 0 Å². The lowest BCUT2D eigenvalue weighted by Crippen LogP contribution is -2.40. The Bertz CT molecular complexity index is 670.